The summed E-state index contributed by atoms with van der Waals surface area (Å²) >= 11 is 3.52. The van der Waals surface area contributed by atoms with Crippen molar-refractivity contribution >= 4 is 32.6 Å². The Kier molecular flexibility index (Phi) is 3.19. The van der Waals surface area contributed by atoms with Crippen LogP contribution in [0.1, 0.15) is 16.8 Å². The van der Waals surface area contributed by atoms with Crippen molar-refractivity contribution in [2.45, 2.75) is 11.2 Å². The Morgan fingerprint density at radius 1 is 1.26 bits per heavy atom. The number of hydrogen-bond donors (Lipinski definition) is 1. The monoisotopic (exact) mass is 319 g/mol. The topological polar surface area (TPSA) is 40.5 Å². The second kappa shape index (κ2) is 4.85. The number of phenols is 1. The van der Waals surface area contributed by atoms with E-state index >= 15 is 0 Å². The minimum absolute atomic E-state index is 0.0844. The lowest BCUT2D eigenvalue weighted by Crippen LogP contribution is -2.28. The minimum Gasteiger partial charge on any atom is -0.506 e. The highest BCUT2D eigenvalue weighted by atomic mass is 79.9. The highest BCUT2D eigenvalue weighted by molar-refractivity contribution is 9.09. The highest BCUT2D eigenvalue weighted by Crippen LogP contribution is 2.30. The summed E-state index contributed by atoms with van der Waals surface area (Å²) < 4.78 is 0. The zero-order valence-corrected chi connectivity index (χ0v) is 11.9. The fraction of sp³-hybridized carbons (Fsp3) is 0.267. The molecule has 1 atom stereocenters. The molecule has 98 valence electrons. The summed E-state index contributed by atoms with van der Waals surface area (Å²) in [7, 11) is 0. The molecule has 1 aliphatic rings. The molecule has 0 spiro atoms. The standard InChI is InChI=1S/C15H14BrNO2/c16-11-7-8-17(9-11)15(19)13-6-5-10-3-1-2-4-12(10)14(13)18/h1-6,11,18H,7-9H2. The molecule has 1 saturated heterocycles. The number of aromatic hydroxyl groups is 1. The maximum atomic E-state index is 12.4. The van der Waals surface area contributed by atoms with E-state index in [1.807, 2.05) is 30.3 Å². The van der Waals surface area contributed by atoms with E-state index in [1.165, 1.54) is 0 Å². The molecule has 3 rings (SSSR count). The molecule has 1 amide bonds. The van der Waals surface area contributed by atoms with Crippen LogP contribution < -0.4 is 0 Å². The van der Waals surface area contributed by atoms with Crippen LogP contribution in [0.4, 0.5) is 0 Å². The zero-order chi connectivity index (χ0) is 13.4. The first-order valence-electron chi connectivity index (χ1n) is 6.31. The lowest BCUT2D eigenvalue weighted by Gasteiger charge is -2.17. The average molecular weight is 320 g/mol. The lowest BCUT2D eigenvalue weighted by atomic mass is 10.0. The van der Waals surface area contributed by atoms with Gasteiger partial charge in [-0.05, 0) is 17.9 Å². The molecule has 1 N–H and O–H groups in total. The van der Waals surface area contributed by atoms with Gasteiger partial charge in [-0.25, -0.2) is 0 Å². The van der Waals surface area contributed by atoms with E-state index < -0.39 is 0 Å². The number of phenolic OH excluding ortho intramolecular Hbond substituents is 1. The Morgan fingerprint density at radius 2 is 2.05 bits per heavy atom. The van der Waals surface area contributed by atoms with Gasteiger partial charge in [0.25, 0.3) is 5.91 Å². The van der Waals surface area contributed by atoms with Gasteiger partial charge in [0, 0.05) is 23.3 Å². The quantitative estimate of drug-likeness (QED) is 0.820. The van der Waals surface area contributed by atoms with Crippen LogP contribution in [-0.4, -0.2) is 33.8 Å². The van der Waals surface area contributed by atoms with Crippen LogP contribution in [0.5, 0.6) is 5.75 Å². The van der Waals surface area contributed by atoms with Gasteiger partial charge in [-0.1, -0.05) is 46.3 Å². The number of amides is 1. The minimum atomic E-state index is -0.0924. The van der Waals surface area contributed by atoms with E-state index in [9.17, 15) is 9.90 Å². The molecule has 1 heterocycles. The number of carbonyl (C=O) groups excluding carboxylic acids is 1. The SMILES string of the molecule is O=C(c1ccc2ccccc2c1O)N1CCC(Br)C1. The Bertz CT molecular complexity index is 641. The van der Waals surface area contributed by atoms with Gasteiger partial charge in [-0.2, -0.15) is 0 Å². The number of rotatable bonds is 1. The molecule has 0 bridgehead atoms. The van der Waals surface area contributed by atoms with Crippen molar-refractivity contribution in [3.8, 4) is 5.75 Å². The van der Waals surface area contributed by atoms with E-state index in [1.54, 1.807) is 11.0 Å². The molecule has 0 aliphatic carbocycles. The molecule has 2 aromatic carbocycles. The number of hydrogen-bond acceptors (Lipinski definition) is 2. The first kappa shape index (κ1) is 12.5. The molecule has 2 aromatic rings. The normalized spacial score (nSPS) is 19.0. The maximum Gasteiger partial charge on any atom is 0.257 e. The summed E-state index contributed by atoms with van der Waals surface area (Å²) in [6, 6.07) is 11.1. The van der Waals surface area contributed by atoms with Crippen LogP contribution in [0.3, 0.4) is 0 Å². The molecule has 0 aromatic heterocycles. The second-order valence-electron chi connectivity index (χ2n) is 4.82. The molecule has 4 heteroatoms. The summed E-state index contributed by atoms with van der Waals surface area (Å²) in [5.41, 5.74) is 0.389. The van der Waals surface area contributed by atoms with E-state index in [-0.39, 0.29) is 11.7 Å². The van der Waals surface area contributed by atoms with E-state index in [0.29, 0.717) is 16.9 Å². The van der Waals surface area contributed by atoms with Crippen molar-refractivity contribution in [2.75, 3.05) is 13.1 Å². The molecule has 3 nitrogen and oxygen atoms in total. The summed E-state index contributed by atoms with van der Waals surface area (Å²) in [6.45, 7) is 1.44. The fourth-order valence-electron chi connectivity index (χ4n) is 2.50. The van der Waals surface area contributed by atoms with Gasteiger partial charge in [-0.15, -0.1) is 0 Å². The molecular weight excluding hydrogens is 306 g/mol. The van der Waals surface area contributed by atoms with Crippen molar-refractivity contribution in [3.63, 3.8) is 0 Å². The van der Waals surface area contributed by atoms with Crippen LogP contribution in [0, 0.1) is 0 Å². The molecule has 1 unspecified atom stereocenters. The van der Waals surface area contributed by atoms with Crippen LogP contribution in [-0.2, 0) is 0 Å². The van der Waals surface area contributed by atoms with Gasteiger partial charge in [0.05, 0.1) is 5.56 Å². The second-order valence-corrected chi connectivity index (χ2v) is 6.11. The van der Waals surface area contributed by atoms with Gasteiger partial charge in [0.2, 0.25) is 0 Å². The van der Waals surface area contributed by atoms with Crippen molar-refractivity contribution in [1.82, 2.24) is 4.90 Å². The Morgan fingerprint density at radius 3 is 2.79 bits per heavy atom. The molecular formula is C15H14BrNO2. The summed E-state index contributed by atoms with van der Waals surface area (Å²) in [6.07, 6.45) is 0.958. The summed E-state index contributed by atoms with van der Waals surface area (Å²) in [5.74, 6) is -0.00803. The Hall–Kier alpha value is -1.55. The number of benzene rings is 2. The Balaban J connectivity index is 2.01. The molecule has 0 saturated carbocycles. The predicted octanol–water partition coefficient (Wildman–Crippen LogP) is 3.15. The summed E-state index contributed by atoms with van der Waals surface area (Å²) in [5, 5.41) is 12.0. The number of nitrogens with zero attached hydrogens (tertiary/aromatic N) is 1. The number of alkyl halides is 1. The zero-order valence-electron chi connectivity index (χ0n) is 10.3. The van der Waals surface area contributed by atoms with Crippen LogP contribution in [0.2, 0.25) is 0 Å². The number of halogens is 1. The maximum absolute atomic E-state index is 12.4. The third kappa shape index (κ3) is 2.21. The van der Waals surface area contributed by atoms with Crippen molar-refractivity contribution in [2.24, 2.45) is 0 Å². The Labute approximate surface area is 120 Å². The van der Waals surface area contributed by atoms with E-state index in [0.717, 1.165) is 23.7 Å². The fourth-order valence-corrected chi connectivity index (χ4v) is 3.05. The van der Waals surface area contributed by atoms with Gasteiger partial charge in [-0.3, -0.25) is 4.79 Å². The van der Waals surface area contributed by atoms with Gasteiger partial charge in [0.1, 0.15) is 5.75 Å². The molecule has 19 heavy (non-hydrogen) atoms. The van der Waals surface area contributed by atoms with E-state index in [4.69, 9.17) is 0 Å². The largest absolute Gasteiger partial charge is 0.506 e. The van der Waals surface area contributed by atoms with Gasteiger partial charge < -0.3 is 10.0 Å². The van der Waals surface area contributed by atoms with Crippen molar-refractivity contribution in [3.05, 3.63) is 42.0 Å². The van der Waals surface area contributed by atoms with E-state index in [2.05, 4.69) is 15.9 Å². The molecule has 0 radical (unpaired) electrons. The predicted molar refractivity (Wildman–Crippen MR) is 78.8 cm³/mol. The highest BCUT2D eigenvalue weighted by Gasteiger charge is 2.27. The number of fused-ring (bicyclic) bond motifs is 1. The first-order chi connectivity index (χ1) is 9.16. The lowest BCUT2D eigenvalue weighted by molar-refractivity contribution is 0.0791. The van der Waals surface area contributed by atoms with Crippen molar-refractivity contribution < 1.29 is 9.90 Å². The number of carbonyl (C=O) groups is 1. The third-order valence-electron chi connectivity index (χ3n) is 3.55. The molecule has 1 fully saturated rings. The van der Waals surface area contributed by atoms with Crippen molar-refractivity contribution in [1.29, 1.82) is 0 Å². The number of likely N-dealkylation sites (tertiary alicyclic amines) is 1. The van der Waals surface area contributed by atoms with Gasteiger partial charge in [0.15, 0.2) is 0 Å². The summed E-state index contributed by atoms with van der Waals surface area (Å²) in [4.78, 5) is 14.5. The first-order valence-corrected chi connectivity index (χ1v) is 7.22. The van der Waals surface area contributed by atoms with Crippen LogP contribution in [0.15, 0.2) is 36.4 Å². The third-order valence-corrected chi connectivity index (χ3v) is 4.30. The molecule has 1 aliphatic heterocycles. The average Bonchev–Trinajstić information content (AvgIpc) is 2.85. The van der Waals surface area contributed by atoms with Crippen LogP contribution >= 0.6 is 15.9 Å². The smallest absolute Gasteiger partial charge is 0.257 e. The van der Waals surface area contributed by atoms with Crippen LogP contribution in [0.25, 0.3) is 10.8 Å². The van der Waals surface area contributed by atoms with Gasteiger partial charge >= 0.3 is 0 Å².